The molecule has 0 bridgehead atoms. The lowest BCUT2D eigenvalue weighted by molar-refractivity contribution is 0.201. The smallest absolute Gasteiger partial charge is 0.204 e. The summed E-state index contributed by atoms with van der Waals surface area (Å²) in [5, 5.41) is 18.8. The third-order valence-electron chi connectivity index (χ3n) is 3.43. The van der Waals surface area contributed by atoms with E-state index in [0.717, 1.165) is 15.6 Å². The summed E-state index contributed by atoms with van der Waals surface area (Å²) >= 11 is 3.38. The zero-order chi connectivity index (χ0) is 14.8. The summed E-state index contributed by atoms with van der Waals surface area (Å²) in [6, 6.07) is 11.9. The molecule has 2 rings (SSSR count). The van der Waals surface area contributed by atoms with E-state index in [-0.39, 0.29) is 6.10 Å². The minimum Gasteiger partial charge on any atom is -0.487 e. The lowest BCUT2D eigenvalue weighted by Gasteiger charge is -2.14. The van der Waals surface area contributed by atoms with Crippen LogP contribution in [0.1, 0.15) is 18.9 Å². The van der Waals surface area contributed by atoms with Gasteiger partial charge in [0.2, 0.25) is 5.41 Å². The highest BCUT2D eigenvalue weighted by molar-refractivity contribution is 9.10. The van der Waals surface area contributed by atoms with E-state index in [1.54, 1.807) is 6.08 Å². The van der Waals surface area contributed by atoms with Crippen LogP contribution in [-0.4, -0.2) is 6.10 Å². The molecule has 1 aromatic rings. The number of nitrogens with zero attached hydrogens (tertiary/aromatic N) is 2. The van der Waals surface area contributed by atoms with Crippen LogP contribution in [0.5, 0.6) is 0 Å². The van der Waals surface area contributed by atoms with Gasteiger partial charge in [-0.2, -0.15) is 10.5 Å². The summed E-state index contributed by atoms with van der Waals surface area (Å²) < 4.78 is 6.73. The second-order valence-electron chi connectivity index (χ2n) is 4.69. The zero-order valence-corrected chi connectivity index (χ0v) is 12.6. The maximum Gasteiger partial charge on any atom is 0.204 e. The van der Waals surface area contributed by atoms with Gasteiger partial charge in [0, 0.05) is 10.9 Å². The third kappa shape index (κ3) is 2.35. The number of hydrogen-bond acceptors (Lipinski definition) is 3. The molecule has 1 aliphatic rings. The van der Waals surface area contributed by atoms with Crippen LogP contribution in [0.15, 0.2) is 47.2 Å². The monoisotopic (exact) mass is 328 g/mol. The van der Waals surface area contributed by atoms with Crippen LogP contribution >= 0.6 is 15.9 Å². The Kier molecular flexibility index (Phi) is 3.97. The summed E-state index contributed by atoms with van der Waals surface area (Å²) in [7, 11) is 0. The maximum atomic E-state index is 9.41. The van der Waals surface area contributed by atoms with Crippen LogP contribution in [0.25, 0.3) is 5.57 Å². The molecule has 0 spiro atoms. The fourth-order valence-corrected chi connectivity index (χ4v) is 2.54. The number of halogens is 1. The van der Waals surface area contributed by atoms with E-state index in [1.807, 2.05) is 31.2 Å². The molecule has 3 nitrogen and oxygen atoms in total. The van der Waals surface area contributed by atoms with Crippen molar-refractivity contribution in [1.82, 2.24) is 0 Å². The molecule has 0 N–H and O–H groups in total. The number of benzene rings is 1. The molecular formula is C16H13BrN2O. The van der Waals surface area contributed by atoms with Gasteiger partial charge in [-0.1, -0.05) is 40.7 Å². The Labute approximate surface area is 126 Å². The standard InChI is InChI=1S/C16H13BrN2O/c1-3-14-8-16(9-18,10-19)15(20-14)11(2)12-4-6-13(17)7-5-12/h3-7,14H,1,8H2,2H3/b15-11-/t14-/m0/s1. The van der Waals surface area contributed by atoms with Crippen molar-refractivity contribution in [2.75, 3.05) is 0 Å². The molecule has 0 unspecified atom stereocenters. The van der Waals surface area contributed by atoms with Gasteiger partial charge in [-0.3, -0.25) is 0 Å². The van der Waals surface area contributed by atoms with Crippen molar-refractivity contribution in [1.29, 1.82) is 10.5 Å². The largest absolute Gasteiger partial charge is 0.487 e. The molecule has 0 saturated carbocycles. The van der Waals surface area contributed by atoms with Crippen molar-refractivity contribution in [3.8, 4) is 12.1 Å². The molecule has 20 heavy (non-hydrogen) atoms. The Hall–Kier alpha value is -2.04. The van der Waals surface area contributed by atoms with Gasteiger partial charge in [0.15, 0.2) is 0 Å². The molecule has 1 atom stereocenters. The molecule has 0 aliphatic carbocycles. The van der Waals surface area contributed by atoms with Crippen molar-refractivity contribution in [3.05, 3.63) is 52.7 Å². The van der Waals surface area contributed by atoms with Crippen LogP contribution < -0.4 is 0 Å². The van der Waals surface area contributed by atoms with Gasteiger partial charge >= 0.3 is 0 Å². The number of allylic oxidation sites excluding steroid dienone is 2. The van der Waals surface area contributed by atoms with Crippen LogP contribution in [-0.2, 0) is 4.74 Å². The Morgan fingerprint density at radius 1 is 1.40 bits per heavy atom. The molecule has 1 saturated heterocycles. The van der Waals surface area contributed by atoms with E-state index in [2.05, 4.69) is 34.6 Å². The highest BCUT2D eigenvalue weighted by Gasteiger charge is 2.47. The molecular weight excluding hydrogens is 316 g/mol. The molecule has 1 aliphatic heterocycles. The van der Waals surface area contributed by atoms with Crippen LogP contribution in [0, 0.1) is 28.1 Å². The molecule has 0 aromatic heterocycles. The summed E-state index contributed by atoms with van der Waals surface area (Å²) in [4.78, 5) is 0. The van der Waals surface area contributed by atoms with Crippen molar-refractivity contribution in [2.24, 2.45) is 5.41 Å². The van der Waals surface area contributed by atoms with E-state index in [0.29, 0.717) is 12.2 Å². The average molecular weight is 329 g/mol. The van der Waals surface area contributed by atoms with Gasteiger partial charge in [-0.05, 0) is 30.2 Å². The molecule has 100 valence electrons. The Morgan fingerprint density at radius 2 is 2.00 bits per heavy atom. The van der Waals surface area contributed by atoms with E-state index < -0.39 is 5.41 Å². The molecule has 1 aromatic carbocycles. The van der Waals surface area contributed by atoms with Crippen LogP contribution in [0.2, 0.25) is 0 Å². The van der Waals surface area contributed by atoms with Crippen molar-refractivity contribution < 1.29 is 4.74 Å². The highest BCUT2D eigenvalue weighted by Crippen LogP contribution is 2.44. The first-order valence-electron chi connectivity index (χ1n) is 6.15. The fraction of sp³-hybridized carbons (Fsp3) is 0.250. The molecule has 1 fully saturated rings. The fourth-order valence-electron chi connectivity index (χ4n) is 2.28. The second kappa shape index (κ2) is 5.53. The Balaban J connectivity index is 2.55. The maximum absolute atomic E-state index is 9.41. The molecule has 0 amide bonds. The van der Waals surface area contributed by atoms with E-state index >= 15 is 0 Å². The van der Waals surface area contributed by atoms with Crippen molar-refractivity contribution in [3.63, 3.8) is 0 Å². The molecule has 0 radical (unpaired) electrons. The predicted octanol–water partition coefficient (Wildman–Crippen LogP) is 4.19. The average Bonchev–Trinajstić information content (AvgIpc) is 2.87. The van der Waals surface area contributed by atoms with E-state index in [9.17, 15) is 10.5 Å². The number of ether oxygens (including phenoxy) is 1. The van der Waals surface area contributed by atoms with E-state index in [4.69, 9.17) is 4.74 Å². The topological polar surface area (TPSA) is 56.8 Å². The van der Waals surface area contributed by atoms with Crippen LogP contribution in [0.4, 0.5) is 0 Å². The number of hydrogen-bond donors (Lipinski definition) is 0. The summed E-state index contributed by atoms with van der Waals surface area (Å²) in [5.74, 6) is 0.440. The first-order valence-corrected chi connectivity index (χ1v) is 6.94. The van der Waals surface area contributed by atoms with Crippen molar-refractivity contribution >= 4 is 21.5 Å². The van der Waals surface area contributed by atoms with Gasteiger partial charge in [0.05, 0.1) is 12.1 Å². The summed E-state index contributed by atoms with van der Waals surface area (Å²) in [6.07, 6.45) is 1.66. The highest BCUT2D eigenvalue weighted by atomic mass is 79.9. The van der Waals surface area contributed by atoms with Gasteiger partial charge < -0.3 is 4.74 Å². The SMILES string of the molecule is C=C[C@H]1CC(C#N)(C#N)/C(=C(\C)c2ccc(Br)cc2)O1. The first kappa shape index (κ1) is 14.4. The van der Waals surface area contributed by atoms with Crippen molar-refractivity contribution in [2.45, 2.75) is 19.4 Å². The van der Waals surface area contributed by atoms with Gasteiger partial charge in [0.1, 0.15) is 11.9 Å². The third-order valence-corrected chi connectivity index (χ3v) is 3.96. The second-order valence-corrected chi connectivity index (χ2v) is 5.60. The minimum absolute atomic E-state index is 0.297. The summed E-state index contributed by atoms with van der Waals surface area (Å²) in [5.41, 5.74) is 0.517. The quantitative estimate of drug-likeness (QED) is 0.765. The normalized spacial score (nSPS) is 22.3. The van der Waals surface area contributed by atoms with Gasteiger partial charge in [-0.25, -0.2) is 0 Å². The minimum atomic E-state index is -1.23. The first-order chi connectivity index (χ1) is 9.56. The van der Waals surface area contributed by atoms with Crippen LogP contribution in [0.3, 0.4) is 0 Å². The number of rotatable bonds is 2. The van der Waals surface area contributed by atoms with Gasteiger partial charge in [-0.15, -0.1) is 0 Å². The Morgan fingerprint density at radius 3 is 2.50 bits per heavy atom. The zero-order valence-electron chi connectivity index (χ0n) is 11.1. The lowest BCUT2D eigenvalue weighted by atomic mass is 9.83. The molecule has 1 heterocycles. The van der Waals surface area contributed by atoms with Gasteiger partial charge in [0.25, 0.3) is 0 Å². The molecule has 4 heteroatoms. The Bertz CT molecular complexity index is 633. The predicted molar refractivity (Wildman–Crippen MR) is 80.1 cm³/mol. The van der Waals surface area contributed by atoms with E-state index in [1.165, 1.54) is 0 Å². The number of nitriles is 2. The summed E-state index contributed by atoms with van der Waals surface area (Å²) in [6.45, 7) is 5.55. The lowest BCUT2D eigenvalue weighted by Crippen LogP contribution is -2.15.